The third-order valence-electron chi connectivity index (χ3n) is 4.48. The molecule has 3 rings (SSSR count). The number of nitro groups is 1. The number of nitrogens with zero attached hydrogens (tertiary/aromatic N) is 2. The van der Waals surface area contributed by atoms with E-state index in [0.717, 1.165) is 18.2 Å². The van der Waals surface area contributed by atoms with Crippen LogP contribution in [0.25, 0.3) is 0 Å². The van der Waals surface area contributed by atoms with E-state index in [9.17, 15) is 33.5 Å². The Morgan fingerprint density at radius 2 is 1.85 bits per heavy atom. The van der Waals surface area contributed by atoms with Gasteiger partial charge in [-0.1, -0.05) is 12.1 Å². The van der Waals surface area contributed by atoms with Crippen molar-refractivity contribution in [3.8, 4) is 11.5 Å². The first kappa shape index (κ1) is 24.0. The maximum atomic E-state index is 12.7. The van der Waals surface area contributed by atoms with E-state index in [4.69, 9.17) is 4.74 Å². The van der Waals surface area contributed by atoms with Crippen LogP contribution in [0.5, 0.6) is 11.5 Å². The molecular weight excluding hydrogens is 468 g/mol. The van der Waals surface area contributed by atoms with Crippen LogP contribution in [-0.2, 0) is 10.0 Å². The van der Waals surface area contributed by atoms with Gasteiger partial charge >= 0.3 is 5.97 Å². The number of carboxylic acids is 1. The van der Waals surface area contributed by atoms with Crippen molar-refractivity contribution in [1.29, 1.82) is 0 Å². The molecule has 3 aromatic rings. The van der Waals surface area contributed by atoms with E-state index in [2.05, 4.69) is 15.2 Å². The predicted octanol–water partition coefficient (Wildman–Crippen LogP) is 3.25. The molecule has 13 heteroatoms. The zero-order valence-electron chi connectivity index (χ0n) is 17.5. The lowest BCUT2D eigenvalue weighted by atomic mass is 10.2. The van der Waals surface area contributed by atoms with Crippen LogP contribution in [0.3, 0.4) is 0 Å². The van der Waals surface area contributed by atoms with E-state index in [1.807, 2.05) is 0 Å². The summed E-state index contributed by atoms with van der Waals surface area (Å²) < 4.78 is 32.5. The number of carbonyl (C=O) groups is 1. The number of sulfonamides is 1. The van der Waals surface area contributed by atoms with Gasteiger partial charge in [0.25, 0.3) is 15.7 Å². The molecule has 0 aliphatic heterocycles. The fourth-order valence-corrected chi connectivity index (χ4v) is 3.95. The number of nitro benzene ring substituents is 1. The molecule has 12 nitrogen and oxygen atoms in total. The summed E-state index contributed by atoms with van der Waals surface area (Å²) in [7, 11) is -2.94. The smallest absolute Gasteiger partial charge is 0.337 e. The summed E-state index contributed by atoms with van der Waals surface area (Å²) in [5.41, 5.74) is 1.79. The molecule has 0 fully saturated rings. The quantitative estimate of drug-likeness (QED) is 0.200. The van der Waals surface area contributed by atoms with E-state index >= 15 is 0 Å². The molecule has 0 aliphatic rings. The van der Waals surface area contributed by atoms with Gasteiger partial charge in [0, 0.05) is 6.07 Å². The topological polar surface area (TPSA) is 180 Å². The number of phenolic OH excluding ortho intramolecular Hbond substituents is 1. The number of benzene rings is 3. The molecule has 0 radical (unpaired) electrons. The molecule has 0 atom stereocenters. The molecule has 0 aromatic heterocycles. The Morgan fingerprint density at radius 3 is 2.50 bits per heavy atom. The number of hydrogen-bond acceptors (Lipinski definition) is 9. The van der Waals surface area contributed by atoms with Gasteiger partial charge in [-0.3, -0.25) is 20.3 Å². The Bertz CT molecular complexity index is 1390. The Morgan fingerprint density at radius 1 is 1.12 bits per heavy atom. The predicted molar refractivity (Wildman–Crippen MR) is 123 cm³/mol. The van der Waals surface area contributed by atoms with Crippen LogP contribution >= 0.6 is 0 Å². The molecule has 4 N–H and O–H groups in total. The van der Waals surface area contributed by atoms with Crippen LogP contribution in [-0.4, -0.2) is 42.8 Å². The number of carboxylic acid groups (broad SMARTS) is 1. The van der Waals surface area contributed by atoms with Gasteiger partial charge in [0.05, 0.1) is 34.4 Å². The summed E-state index contributed by atoms with van der Waals surface area (Å²) in [6.45, 7) is 0. The minimum Gasteiger partial charge on any atom is -0.504 e. The van der Waals surface area contributed by atoms with Crippen molar-refractivity contribution in [3.05, 3.63) is 81.9 Å². The number of ether oxygens (including phenoxy) is 1. The Labute approximate surface area is 193 Å². The van der Waals surface area contributed by atoms with Crippen LogP contribution in [0.15, 0.2) is 70.7 Å². The van der Waals surface area contributed by atoms with Crippen molar-refractivity contribution in [2.45, 2.75) is 4.90 Å². The van der Waals surface area contributed by atoms with Gasteiger partial charge in [-0.05, 0) is 48.0 Å². The normalized spacial score (nSPS) is 11.2. The standard InChI is InChI=1S/C21H18N4O8S/c1-33-20-9-6-13(10-19(20)26)12-22-23-17-8-7-14(11-18(17)25(29)30)34(31,32)24-16-5-3-2-4-15(16)21(27)28/h2-12,23-24,26H,1H3,(H,27,28)/b22-12+. The van der Waals surface area contributed by atoms with Gasteiger partial charge in [-0.25, -0.2) is 13.2 Å². The van der Waals surface area contributed by atoms with Gasteiger partial charge in [0.15, 0.2) is 11.5 Å². The summed E-state index contributed by atoms with van der Waals surface area (Å²) in [5.74, 6) is -1.20. The van der Waals surface area contributed by atoms with Crippen molar-refractivity contribution >= 4 is 39.3 Å². The maximum Gasteiger partial charge on any atom is 0.337 e. The largest absolute Gasteiger partial charge is 0.504 e. The summed E-state index contributed by atoms with van der Waals surface area (Å²) in [6, 6.07) is 12.9. The molecule has 34 heavy (non-hydrogen) atoms. The summed E-state index contributed by atoms with van der Waals surface area (Å²) >= 11 is 0. The molecule has 0 saturated heterocycles. The lowest BCUT2D eigenvalue weighted by molar-refractivity contribution is -0.384. The molecule has 0 amide bonds. The highest BCUT2D eigenvalue weighted by Gasteiger charge is 2.23. The zero-order valence-corrected chi connectivity index (χ0v) is 18.3. The van der Waals surface area contributed by atoms with Crippen LogP contribution in [0.1, 0.15) is 15.9 Å². The summed E-state index contributed by atoms with van der Waals surface area (Å²) in [6.07, 6.45) is 1.29. The molecule has 0 bridgehead atoms. The number of hydrogen-bond donors (Lipinski definition) is 4. The number of methoxy groups -OCH3 is 1. The first-order valence-electron chi connectivity index (χ1n) is 9.42. The van der Waals surface area contributed by atoms with Crippen molar-refractivity contribution < 1.29 is 33.1 Å². The number of aromatic carboxylic acids is 1. The third kappa shape index (κ3) is 5.39. The Hall–Kier alpha value is -4.65. The molecule has 176 valence electrons. The second-order valence-corrected chi connectivity index (χ2v) is 8.38. The highest BCUT2D eigenvalue weighted by molar-refractivity contribution is 7.92. The molecule has 3 aromatic carbocycles. The van der Waals surface area contributed by atoms with Crippen molar-refractivity contribution in [2.75, 3.05) is 17.3 Å². The number of phenols is 1. The van der Waals surface area contributed by atoms with E-state index in [-0.39, 0.29) is 28.4 Å². The van der Waals surface area contributed by atoms with E-state index in [1.54, 1.807) is 6.07 Å². The highest BCUT2D eigenvalue weighted by atomic mass is 32.2. The van der Waals surface area contributed by atoms with Crippen molar-refractivity contribution in [3.63, 3.8) is 0 Å². The molecular formula is C21H18N4O8S. The second-order valence-electron chi connectivity index (χ2n) is 6.69. The van der Waals surface area contributed by atoms with Crippen molar-refractivity contribution in [1.82, 2.24) is 0 Å². The van der Waals surface area contributed by atoms with Crippen LogP contribution in [0.2, 0.25) is 0 Å². The minimum atomic E-state index is -4.34. The fourth-order valence-electron chi connectivity index (χ4n) is 2.85. The second kappa shape index (κ2) is 9.87. The Balaban J connectivity index is 1.86. The van der Waals surface area contributed by atoms with Crippen LogP contribution in [0, 0.1) is 10.1 Å². The monoisotopic (exact) mass is 486 g/mol. The van der Waals surface area contributed by atoms with Crippen molar-refractivity contribution in [2.24, 2.45) is 5.10 Å². The lowest BCUT2D eigenvalue weighted by Crippen LogP contribution is -2.16. The van der Waals surface area contributed by atoms with Gasteiger partial charge < -0.3 is 14.9 Å². The molecule has 0 aliphatic carbocycles. The SMILES string of the molecule is COc1ccc(/C=N/Nc2ccc(S(=O)(=O)Nc3ccccc3C(=O)O)cc2[N+](=O)[O-])cc1O. The first-order valence-corrected chi connectivity index (χ1v) is 10.9. The highest BCUT2D eigenvalue weighted by Crippen LogP contribution is 2.29. The summed E-state index contributed by atoms with van der Waals surface area (Å²) in [4.78, 5) is 21.6. The average molecular weight is 486 g/mol. The first-order chi connectivity index (χ1) is 16.1. The minimum absolute atomic E-state index is 0.0936. The number of para-hydroxylation sites is 1. The number of nitrogens with one attached hydrogen (secondary N) is 2. The maximum absolute atomic E-state index is 12.7. The van der Waals surface area contributed by atoms with E-state index in [1.165, 1.54) is 49.7 Å². The van der Waals surface area contributed by atoms with E-state index < -0.39 is 31.5 Å². The molecule has 0 saturated carbocycles. The third-order valence-corrected chi connectivity index (χ3v) is 5.84. The number of rotatable bonds is 9. The van der Waals surface area contributed by atoms with Gasteiger partial charge in [-0.15, -0.1) is 0 Å². The molecule has 0 heterocycles. The number of hydrazone groups is 1. The van der Waals surface area contributed by atoms with E-state index in [0.29, 0.717) is 5.56 Å². The summed E-state index contributed by atoms with van der Waals surface area (Å²) in [5, 5.41) is 34.4. The molecule has 0 spiro atoms. The lowest BCUT2D eigenvalue weighted by Gasteiger charge is -2.11. The Kier molecular flexibility index (Phi) is 6.97. The van der Waals surface area contributed by atoms with Crippen LogP contribution < -0.4 is 14.9 Å². The zero-order chi connectivity index (χ0) is 24.9. The average Bonchev–Trinajstić information content (AvgIpc) is 2.79. The van der Waals surface area contributed by atoms with Gasteiger partial charge in [0.1, 0.15) is 5.69 Å². The van der Waals surface area contributed by atoms with Gasteiger partial charge in [-0.2, -0.15) is 5.10 Å². The molecule has 0 unspecified atom stereocenters. The van der Waals surface area contributed by atoms with Crippen LogP contribution in [0.4, 0.5) is 17.1 Å². The van der Waals surface area contributed by atoms with Gasteiger partial charge in [0.2, 0.25) is 0 Å². The fraction of sp³-hybridized carbons (Fsp3) is 0.0476. The number of aromatic hydroxyl groups is 1. The number of anilines is 2.